The van der Waals surface area contributed by atoms with Crippen LogP contribution in [0.3, 0.4) is 0 Å². The van der Waals surface area contributed by atoms with Crippen molar-refractivity contribution in [1.82, 2.24) is 14.8 Å². The number of nitrogens with one attached hydrogen (secondary N) is 1. The molecule has 1 fully saturated rings. The highest BCUT2D eigenvalue weighted by Gasteiger charge is 2.16. The molecule has 5 nitrogen and oxygen atoms in total. The molecule has 0 saturated carbocycles. The second-order valence-corrected chi connectivity index (χ2v) is 5.23. The largest absolute Gasteiger partial charge is 0.409 e. The third kappa shape index (κ3) is 2.90. The number of pyridine rings is 1. The van der Waals surface area contributed by atoms with E-state index in [0.717, 1.165) is 12.2 Å². The molecule has 6 heteroatoms. The van der Waals surface area contributed by atoms with Crippen LogP contribution in [-0.2, 0) is 6.67 Å². The van der Waals surface area contributed by atoms with Crippen LogP contribution in [0.15, 0.2) is 28.9 Å². The molecular formula is C13H17N4OS+. The van der Waals surface area contributed by atoms with Gasteiger partial charge in [-0.25, -0.2) is 0 Å². The molecule has 2 aromatic heterocycles. The molecule has 3 rings (SSSR count). The van der Waals surface area contributed by atoms with Gasteiger partial charge in [-0.05, 0) is 43.6 Å². The lowest BCUT2D eigenvalue weighted by atomic mass is 10.1. The summed E-state index contributed by atoms with van der Waals surface area (Å²) in [7, 11) is 0. The van der Waals surface area contributed by atoms with Crippen LogP contribution in [0.5, 0.6) is 0 Å². The molecule has 0 aromatic carbocycles. The van der Waals surface area contributed by atoms with E-state index in [1.165, 1.54) is 37.3 Å². The maximum atomic E-state index is 5.57. The fourth-order valence-electron chi connectivity index (χ4n) is 2.44. The molecule has 100 valence electrons. The summed E-state index contributed by atoms with van der Waals surface area (Å²) in [6.45, 7) is 3.19. The molecule has 0 radical (unpaired) electrons. The molecule has 3 heterocycles. The van der Waals surface area contributed by atoms with Gasteiger partial charge in [0.15, 0.2) is 6.67 Å². The first-order valence-corrected chi connectivity index (χ1v) is 7.06. The van der Waals surface area contributed by atoms with Crippen molar-refractivity contribution < 1.29 is 9.32 Å². The smallest absolute Gasteiger partial charge is 0.292 e. The predicted octanol–water partition coefficient (Wildman–Crippen LogP) is 1.29. The van der Waals surface area contributed by atoms with E-state index in [-0.39, 0.29) is 0 Å². The zero-order valence-corrected chi connectivity index (χ0v) is 11.5. The summed E-state index contributed by atoms with van der Waals surface area (Å²) in [4.78, 5) is 5.96. The van der Waals surface area contributed by atoms with Gasteiger partial charge in [-0.15, -0.1) is 5.10 Å². The normalized spacial score (nSPS) is 16.6. The Labute approximate surface area is 116 Å². The average molecular weight is 277 g/mol. The van der Waals surface area contributed by atoms with E-state index < -0.39 is 0 Å². The SMILES string of the molecule is S=c1oc(-c2ccncc2)nn1C[NH+]1CCCCC1. The van der Waals surface area contributed by atoms with Crippen LogP contribution in [0.4, 0.5) is 0 Å². The first kappa shape index (κ1) is 12.5. The fraction of sp³-hybridized carbons (Fsp3) is 0.462. The maximum absolute atomic E-state index is 5.57. The van der Waals surface area contributed by atoms with Gasteiger partial charge in [0.05, 0.1) is 13.1 Å². The summed E-state index contributed by atoms with van der Waals surface area (Å²) < 4.78 is 7.37. The summed E-state index contributed by atoms with van der Waals surface area (Å²) in [6.07, 6.45) is 7.37. The lowest BCUT2D eigenvalue weighted by Gasteiger charge is -2.22. The molecule has 1 saturated heterocycles. The van der Waals surface area contributed by atoms with Gasteiger partial charge >= 0.3 is 0 Å². The molecule has 2 aromatic rings. The summed E-state index contributed by atoms with van der Waals surface area (Å²) in [6, 6.07) is 3.75. The van der Waals surface area contributed by atoms with Crippen molar-refractivity contribution in [3.05, 3.63) is 29.4 Å². The summed E-state index contributed by atoms with van der Waals surface area (Å²) >= 11 is 5.25. The van der Waals surface area contributed by atoms with Gasteiger partial charge in [0.1, 0.15) is 0 Å². The minimum absolute atomic E-state index is 0.449. The molecule has 1 N–H and O–H groups in total. The highest BCUT2D eigenvalue weighted by Crippen LogP contribution is 2.15. The van der Waals surface area contributed by atoms with Gasteiger partial charge in [-0.2, -0.15) is 4.68 Å². The Morgan fingerprint density at radius 3 is 2.68 bits per heavy atom. The average Bonchev–Trinajstić information content (AvgIpc) is 2.82. The third-order valence-corrected chi connectivity index (χ3v) is 3.76. The molecule has 19 heavy (non-hydrogen) atoms. The molecule has 0 amide bonds. The van der Waals surface area contributed by atoms with E-state index in [1.807, 2.05) is 12.1 Å². The van der Waals surface area contributed by atoms with Crippen molar-refractivity contribution in [2.24, 2.45) is 0 Å². The first-order valence-electron chi connectivity index (χ1n) is 6.65. The van der Waals surface area contributed by atoms with Crippen molar-refractivity contribution >= 4 is 12.2 Å². The van der Waals surface area contributed by atoms with Crippen molar-refractivity contribution in [2.45, 2.75) is 25.9 Å². The Balaban J connectivity index is 1.79. The van der Waals surface area contributed by atoms with Crippen molar-refractivity contribution in [3.8, 4) is 11.5 Å². The zero-order chi connectivity index (χ0) is 13.1. The van der Waals surface area contributed by atoms with E-state index in [1.54, 1.807) is 17.1 Å². The topological polar surface area (TPSA) is 48.3 Å². The number of rotatable bonds is 3. The minimum Gasteiger partial charge on any atom is -0.409 e. The molecule has 0 unspecified atom stereocenters. The molecule has 0 atom stereocenters. The van der Waals surface area contributed by atoms with Crippen LogP contribution >= 0.6 is 12.2 Å². The Morgan fingerprint density at radius 2 is 1.95 bits per heavy atom. The van der Waals surface area contributed by atoms with Crippen LogP contribution in [-0.4, -0.2) is 27.9 Å². The Kier molecular flexibility index (Phi) is 3.70. The zero-order valence-electron chi connectivity index (χ0n) is 10.7. The number of quaternary nitrogens is 1. The number of likely N-dealkylation sites (tertiary alicyclic amines) is 1. The van der Waals surface area contributed by atoms with E-state index in [4.69, 9.17) is 16.6 Å². The second-order valence-electron chi connectivity index (χ2n) is 4.88. The number of hydrogen-bond acceptors (Lipinski definition) is 4. The van der Waals surface area contributed by atoms with Gasteiger partial charge in [-0.3, -0.25) is 4.98 Å². The molecule has 1 aliphatic rings. The van der Waals surface area contributed by atoms with Crippen LogP contribution in [0.2, 0.25) is 0 Å². The van der Waals surface area contributed by atoms with Gasteiger partial charge in [-0.1, -0.05) is 0 Å². The molecule has 0 bridgehead atoms. The number of hydrogen-bond donors (Lipinski definition) is 1. The van der Waals surface area contributed by atoms with Gasteiger partial charge < -0.3 is 9.32 Å². The van der Waals surface area contributed by atoms with Crippen molar-refractivity contribution in [1.29, 1.82) is 0 Å². The highest BCUT2D eigenvalue weighted by molar-refractivity contribution is 7.71. The molecule has 0 aliphatic carbocycles. The quantitative estimate of drug-likeness (QED) is 0.859. The molecule has 0 spiro atoms. The summed E-state index contributed by atoms with van der Waals surface area (Å²) in [5.41, 5.74) is 0.911. The maximum Gasteiger partial charge on any atom is 0.292 e. The Bertz CT molecular complexity index is 586. The number of nitrogens with zero attached hydrogens (tertiary/aromatic N) is 3. The van der Waals surface area contributed by atoms with Gasteiger partial charge in [0, 0.05) is 18.0 Å². The number of aromatic nitrogens is 3. The van der Waals surface area contributed by atoms with Gasteiger partial charge in [0.2, 0.25) is 5.89 Å². The second kappa shape index (κ2) is 5.63. The fourth-order valence-corrected chi connectivity index (χ4v) is 2.62. The minimum atomic E-state index is 0.449. The van der Waals surface area contributed by atoms with Gasteiger partial charge in [0.25, 0.3) is 4.84 Å². The standard InChI is InChI=1S/C13H16N4OS/c19-13-17(10-16-8-2-1-3-9-16)15-12(18-13)11-4-6-14-7-5-11/h4-7H,1-3,8-10H2/p+1. The summed E-state index contributed by atoms with van der Waals surface area (Å²) in [5.74, 6) is 0.573. The van der Waals surface area contributed by atoms with Crippen LogP contribution in [0.1, 0.15) is 19.3 Å². The summed E-state index contributed by atoms with van der Waals surface area (Å²) in [5, 5.41) is 4.47. The Hall–Kier alpha value is -1.53. The van der Waals surface area contributed by atoms with E-state index in [0.29, 0.717) is 10.7 Å². The third-order valence-electron chi connectivity index (χ3n) is 3.47. The highest BCUT2D eigenvalue weighted by atomic mass is 32.1. The van der Waals surface area contributed by atoms with E-state index in [9.17, 15) is 0 Å². The Morgan fingerprint density at radius 1 is 1.21 bits per heavy atom. The van der Waals surface area contributed by atoms with Crippen molar-refractivity contribution in [2.75, 3.05) is 13.1 Å². The van der Waals surface area contributed by atoms with Crippen molar-refractivity contribution in [3.63, 3.8) is 0 Å². The van der Waals surface area contributed by atoms with Crippen LogP contribution in [0, 0.1) is 4.84 Å². The molecule has 1 aliphatic heterocycles. The van der Waals surface area contributed by atoms with Crippen LogP contribution in [0.25, 0.3) is 11.5 Å². The van der Waals surface area contributed by atoms with Crippen LogP contribution < -0.4 is 4.90 Å². The lowest BCUT2D eigenvalue weighted by molar-refractivity contribution is -0.928. The number of piperidine rings is 1. The lowest BCUT2D eigenvalue weighted by Crippen LogP contribution is -3.12. The van der Waals surface area contributed by atoms with E-state index >= 15 is 0 Å². The van der Waals surface area contributed by atoms with E-state index in [2.05, 4.69) is 10.1 Å². The monoisotopic (exact) mass is 277 g/mol. The molecular weight excluding hydrogens is 260 g/mol. The first-order chi connectivity index (χ1) is 9.33. The predicted molar refractivity (Wildman–Crippen MR) is 73.1 cm³/mol.